The lowest BCUT2D eigenvalue weighted by atomic mass is 9.97. The van der Waals surface area contributed by atoms with Crippen LogP contribution in [0.3, 0.4) is 0 Å². The van der Waals surface area contributed by atoms with Crippen LogP contribution in [0.25, 0.3) is 0 Å². The number of pyridine rings is 1. The van der Waals surface area contributed by atoms with E-state index < -0.39 is 0 Å². The van der Waals surface area contributed by atoms with E-state index in [1.54, 1.807) is 48.0 Å². The van der Waals surface area contributed by atoms with Crippen LogP contribution >= 0.6 is 0 Å². The number of anilines is 1. The van der Waals surface area contributed by atoms with Crippen LogP contribution < -0.4 is 10.9 Å². The minimum Gasteiger partial charge on any atom is -0.321 e. The number of nitrogens with zero attached hydrogens (tertiary/aromatic N) is 1. The molecule has 0 fully saturated rings. The number of nitrogens with one attached hydrogen (secondary N) is 1. The van der Waals surface area contributed by atoms with E-state index in [1.165, 1.54) is 6.07 Å². The summed E-state index contributed by atoms with van der Waals surface area (Å²) in [5.74, 6) is -0.941. The number of aromatic nitrogens is 1. The van der Waals surface area contributed by atoms with Gasteiger partial charge in [0, 0.05) is 12.6 Å². The van der Waals surface area contributed by atoms with Gasteiger partial charge in [-0.1, -0.05) is 55.0 Å². The molecule has 0 spiro atoms. The summed E-state index contributed by atoms with van der Waals surface area (Å²) >= 11 is 0. The molecule has 3 rings (SSSR count). The Morgan fingerprint density at radius 1 is 1.07 bits per heavy atom. The van der Waals surface area contributed by atoms with Gasteiger partial charge in [-0.05, 0) is 42.2 Å². The predicted octanol–water partition coefficient (Wildman–Crippen LogP) is 4.48. The molecule has 0 radical (unpaired) electrons. The Kier molecular flexibility index (Phi) is 6.04. The molecule has 5 heteroatoms. The molecule has 1 atom stereocenters. The van der Waals surface area contributed by atoms with Crippen LogP contribution in [0.1, 0.15) is 36.0 Å². The van der Waals surface area contributed by atoms with Crippen molar-refractivity contribution in [2.75, 3.05) is 5.32 Å². The topological polar surface area (TPSA) is 51.1 Å². The Hall–Kier alpha value is -3.21. The highest BCUT2D eigenvalue weighted by Gasteiger charge is 2.16. The van der Waals surface area contributed by atoms with E-state index in [-0.39, 0.29) is 35.3 Å². The molecule has 4 nitrogen and oxygen atoms in total. The van der Waals surface area contributed by atoms with E-state index in [9.17, 15) is 14.0 Å². The van der Waals surface area contributed by atoms with E-state index in [0.29, 0.717) is 12.1 Å². The van der Waals surface area contributed by atoms with E-state index in [0.717, 1.165) is 11.1 Å². The Morgan fingerprint density at radius 3 is 2.50 bits per heavy atom. The zero-order valence-electron chi connectivity index (χ0n) is 16.0. The summed E-state index contributed by atoms with van der Waals surface area (Å²) in [6, 6.07) is 17.7. The SMILES string of the molecule is Cc1ccc(Cn2cccc(NC(=O)CC(C)c3ccccc3F)c2=O)cc1. The molecule has 1 heterocycles. The highest BCUT2D eigenvalue weighted by molar-refractivity contribution is 5.91. The minimum absolute atomic E-state index is 0.0905. The van der Waals surface area contributed by atoms with Crippen molar-refractivity contribution in [1.82, 2.24) is 4.57 Å². The van der Waals surface area contributed by atoms with Gasteiger partial charge in [0.15, 0.2) is 0 Å². The van der Waals surface area contributed by atoms with Gasteiger partial charge in [-0.2, -0.15) is 0 Å². The second-order valence-corrected chi connectivity index (χ2v) is 7.02. The Bertz CT molecular complexity index is 1030. The van der Waals surface area contributed by atoms with Crippen LogP contribution in [0.5, 0.6) is 0 Å². The first-order valence-corrected chi connectivity index (χ1v) is 9.23. The van der Waals surface area contributed by atoms with E-state index >= 15 is 0 Å². The zero-order valence-corrected chi connectivity index (χ0v) is 16.0. The average Bonchev–Trinajstić information content (AvgIpc) is 2.67. The third-order valence-electron chi connectivity index (χ3n) is 4.70. The summed E-state index contributed by atoms with van der Waals surface area (Å²) in [5.41, 5.74) is 2.60. The number of benzene rings is 2. The van der Waals surface area contributed by atoms with Crippen LogP contribution in [-0.4, -0.2) is 10.5 Å². The van der Waals surface area contributed by atoms with Crippen molar-refractivity contribution in [3.8, 4) is 0 Å². The highest BCUT2D eigenvalue weighted by atomic mass is 19.1. The third kappa shape index (κ3) is 4.74. The van der Waals surface area contributed by atoms with Gasteiger partial charge in [-0.25, -0.2) is 4.39 Å². The van der Waals surface area contributed by atoms with Crippen LogP contribution in [0.2, 0.25) is 0 Å². The van der Waals surface area contributed by atoms with Gasteiger partial charge in [-0.3, -0.25) is 9.59 Å². The van der Waals surface area contributed by atoms with Crippen molar-refractivity contribution in [3.63, 3.8) is 0 Å². The quantitative estimate of drug-likeness (QED) is 0.688. The van der Waals surface area contributed by atoms with Gasteiger partial charge in [0.1, 0.15) is 11.5 Å². The molecule has 0 aliphatic rings. The molecule has 1 unspecified atom stereocenters. The summed E-state index contributed by atoms with van der Waals surface area (Å²) < 4.78 is 15.4. The molecular formula is C23H23FN2O2. The van der Waals surface area contributed by atoms with Gasteiger partial charge in [0.2, 0.25) is 5.91 Å². The van der Waals surface area contributed by atoms with Crippen LogP contribution in [0.4, 0.5) is 10.1 Å². The van der Waals surface area contributed by atoms with E-state index in [4.69, 9.17) is 0 Å². The van der Waals surface area contributed by atoms with E-state index in [2.05, 4.69) is 5.32 Å². The van der Waals surface area contributed by atoms with E-state index in [1.807, 2.05) is 31.2 Å². The minimum atomic E-state index is -0.331. The molecule has 0 aliphatic carbocycles. The van der Waals surface area contributed by atoms with Crippen LogP contribution in [0, 0.1) is 12.7 Å². The summed E-state index contributed by atoms with van der Waals surface area (Å²) in [5, 5.41) is 2.67. The molecule has 1 amide bonds. The molecule has 2 aromatic carbocycles. The average molecular weight is 378 g/mol. The van der Waals surface area contributed by atoms with Crippen molar-refractivity contribution >= 4 is 11.6 Å². The number of rotatable bonds is 6. The third-order valence-corrected chi connectivity index (χ3v) is 4.70. The number of hydrogen-bond acceptors (Lipinski definition) is 2. The normalized spacial score (nSPS) is 11.8. The second kappa shape index (κ2) is 8.65. The fourth-order valence-electron chi connectivity index (χ4n) is 3.11. The van der Waals surface area contributed by atoms with Gasteiger partial charge in [0.05, 0.1) is 6.54 Å². The summed E-state index contributed by atoms with van der Waals surface area (Å²) in [6.45, 7) is 4.22. The highest BCUT2D eigenvalue weighted by Crippen LogP contribution is 2.22. The van der Waals surface area contributed by atoms with Crippen molar-refractivity contribution in [1.29, 1.82) is 0 Å². The molecular weight excluding hydrogens is 355 g/mol. The molecule has 144 valence electrons. The van der Waals surface area contributed by atoms with Crippen molar-refractivity contribution < 1.29 is 9.18 Å². The summed E-state index contributed by atoms with van der Waals surface area (Å²) in [7, 11) is 0. The van der Waals surface area contributed by atoms with Gasteiger partial charge >= 0.3 is 0 Å². The zero-order chi connectivity index (χ0) is 20.1. The first-order valence-electron chi connectivity index (χ1n) is 9.23. The molecule has 0 aliphatic heterocycles. The van der Waals surface area contributed by atoms with Gasteiger partial charge in [-0.15, -0.1) is 0 Å². The standard InChI is InChI=1S/C23H23FN2O2/c1-16-9-11-18(12-10-16)15-26-13-5-8-21(23(26)28)25-22(27)14-17(2)19-6-3-4-7-20(19)24/h3-13,17H,14-15H2,1-2H3,(H,25,27). The largest absolute Gasteiger partial charge is 0.321 e. The van der Waals surface area contributed by atoms with Crippen molar-refractivity contribution in [2.45, 2.75) is 32.7 Å². The molecule has 1 N–H and O–H groups in total. The second-order valence-electron chi connectivity index (χ2n) is 7.02. The fourth-order valence-corrected chi connectivity index (χ4v) is 3.11. The Morgan fingerprint density at radius 2 is 1.79 bits per heavy atom. The van der Waals surface area contributed by atoms with Crippen molar-refractivity contribution in [2.24, 2.45) is 0 Å². The van der Waals surface area contributed by atoms with Crippen LogP contribution in [0.15, 0.2) is 71.7 Å². The molecule has 1 aromatic heterocycles. The monoisotopic (exact) mass is 378 g/mol. The maximum atomic E-state index is 13.9. The molecule has 3 aromatic rings. The summed E-state index contributed by atoms with van der Waals surface area (Å²) in [6.07, 6.45) is 1.78. The molecule has 0 bridgehead atoms. The molecule has 0 saturated heterocycles. The maximum absolute atomic E-state index is 13.9. The number of hydrogen-bond donors (Lipinski definition) is 1. The molecule has 0 saturated carbocycles. The first-order chi connectivity index (χ1) is 13.4. The number of halogens is 1. The number of amides is 1. The smallest absolute Gasteiger partial charge is 0.274 e. The fraction of sp³-hybridized carbons (Fsp3) is 0.217. The van der Waals surface area contributed by atoms with Crippen molar-refractivity contribution in [3.05, 3.63) is 99.7 Å². The number of carbonyl (C=O) groups is 1. The lowest BCUT2D eigenvalue weighted by molar-refractivity contribution is -0.116. The lowest BCUT2D eigenvalue weighted by Gasteiger charge is -2.13. The van der Waals surface area contributed by atoms with Gasteiger partial charge in [0.25, 0.3) is 5.56 Å². The number of carbonyl (C=O) groups excluding carboxylic acids is 1. The Balaban J connectivity index is 1.70. The summed E-state index contributed by atoms with van der Waals surface area (Å²) in [4.78, 5) is 25.1. The molecule has 28 heavy (non-hydrogen) atoms. The van der Waals surface area contributed by atoms with Crippen LogP contribution in [-0.2, 0) is 11.3 Å². The Labute approximate surface area is 163 Å². The lowest BCUT2D eigenvalue weighted by Crippen LogP contribution is -2.26. The number of aryl methyl sites for hydroxylation is 1. The van der Waals surface area contributed by atoms with Gasteiger partial charge < -0.3 is 9.88 Å². The predicted molar refractivity (Wildman–Crippen MR) is 109 cm³/mol. The first kappa shape index (κ1) is 19.5. The maximum Gasteiger partial charge on any atom is 0.274 e.